The molecule has 0 aliphatic carbocycles. The average Bonchev–Trinajstić information content (AvgIpc) is 2.52. The van der Waals surface area contributed by atoms with Crippen molar-refractivity contribution in [3.63, 3.8) is 0 Å². The zero-order valence-corrected chi connectivity index (χ0v) is 12.2. The summed E-state index contributed by atoms with van der Waals surface area (Å²) in [6.07, 6.45) is 0.912. The van der Waals surface area contributed by atoms with Crippen molar-refractivity contribution in [2.75, 3.05) is 0 Å². The molecule has 0 amide bonds. The lowest BCUT2D eigenvalue weighted by molar-refractivity contribution is -0.137. The van der Waals surface area contributed by atoms with Crippen LogP contribution in [0.2, 0.25) is 0 Å². The van der Waals surface area contributed by atoms with Crippen molar-refractivity contribution in [1.82, 2.24) is 5.32 Å². The maximum Gasteiger partial charge on any atom is 0.304 e. The molecule has 0 aliphatic heterocycles. The zero-order chi connectivity index (χ0) is 15.1. The molecular formula is C18H21NO2. The smallest absolute Gasteiger partial charge is 0.304 e. The first-order valence-corrected chi connectivity index (χ1v) is 7.28. The first-order valence-electron chi connectivity index (χ1n) is 7.28. The third kappa shape index (κ3) is 4.43. The summed E-state index contributed by atoms with van der Waals surface area (Å²) in [5.41, 5.74) is 2.29. The molecule has 1 atom stereocenters. The Morgan fingerprint density at radius 3 is 1.86 bits per heavy atom. The zero-order valence-electron chi connectivity index (χ0n) is 12.2. The summed E-state index contributed by atoms with van der Waals surface area (Å²) in [4.78, 5) is 11.0. The van der Waals surface area contributed by atoms with Gasteiger partial charge < -0.3 is 10.4 Å². The monoisotopic (exact) mass is 283 g/mol. The van der Waals surface area contributed by atoms with E-state index < -0.39 is 5.97 Å². The topological polar surface area (TPSA) is 49.3 Å². The van der Waals surface area contributed by atoms with Gasteiger partial charge in [0, 0.05) is 6.04 Å². The summed E-state index contributed by atoms with van der Waals surface area (Å²) >= 11 is 0. The van der Waals surface area contributed by atoms with E-state index in [0.29, 0.717) is 0 Å². The minimum atomic E-state index is -0.769. The van der Waals surface area contributed by atoms with Crippen LogP contribution in [0.25, 0.3) is 0 Å². The molecule has 0 aliphatic rings. The maximum absolute atomic E-state index is 11.0. The molecule has 0 fully saturated rings. The van der Waals surface area contributed by atoms with Crippen LogP contribution < -0.4 is 5.32 Å². The fraction of sp³-hybridized carbons (Fsp3) is 0.278. The van der Waals surface area contributed by atoms with Crippen molar-refractivity contribution in [2.24, 2.45) is 0 Å². The van der Waals surface area contributed by atoms with Crippen LogP contribution in [0.1, 0.15) is 36.9 Å². The molecule has 0 unspecified atom stereocenters. The third-order valence-electron chi connectivity index (χ3n) is 3.58. The largest absolute Gasteiger partial charge is 0.481 e. The van der Waals surface area contributed by atoms with Crippen molar-refractivity contribution in [3.05, 3.63) is 71.8 Å². The Labute approximate surface area is 125 Å². The second-order valence-corrected chi connectivity index (χ2v) is 5.12. The number of carboxylic acids is 1. The fourth-order valence-corrected chi connectivity index (χ4v) is 2.44. The Morgan fingerprint density at radius 1 is 1.00 bits per heavy atom. The quantitative estimate of drug-likeness (QED) is 0.816. The van der Waals surface area contributed by atoms with Crippen molar-refractivity contribution in [3.8, 4) is 0 Å². The molecule has 2 rings (SSSR count). The highest BCUT2D eigenvalue weighted by molar-refractivity contribution is 5.67. The van der Waals surface area contributed by atoms with Crippen LogP contribution in [0.4, 0.5) is 0 Å². The van der Waals surface area contributed by atoms with Gasteiger partial charge in [-0.3, -0.25) is 4.79 Å². The Bertz CT molecular complexity index is 514. The number of nitrogens with one attached hydrogen (secondary N) is 1. The van der Waals surface area contributed by atoms with Crippen LogP contribution in [0.5, 0.6) is 0 Å². The van der Waals surface area contributed by atoms with Gasteiger partial charge >= 0.3 is 5.97 Å². The number of benzene rings is 2. The predicted molar refractivity (Wildman–Crippen MR) is 84.2 cm³/mol. The van der Waals surface area contributed by atoms with Gasteiger partial charge in [0.1, 0.15) is 0 Å². The molecule has 0 saturated heterocycles. The second kappa shape index (κ2) is 7.60. The van der Waals surface area contributed by atoms with Crippen LogP contribution >= 0.6 is 0 Å². The number of rotatable bonds is 7. The van der Waals surface area contributed by atoms with E-state index in [4.69, 9.17) is 5.11 Å². The SMILES string of the molecule is CC[C@@H](CC(=O)O)NC(c1ccccc1)c1ccccc1. The van der Waals surface area contributed by atoms with Crippen LogP contribution in [-0.4, -0.2) is 17.1 Å². The molecule has 21 heavy (non-hydrogen) atoms. The Balaban J connectivity index is 2.26. The van der Waals surface area contributed by atoms with E-state index in [2.05, 4.69) is 29.6 Å². The lowest BCUT2D eigenvalue weighted by atomic mass is 9.97. The molecule has 110 valence electrons. The standard InChI is InChI=1S/C18H21NO2/c1-2-16(13-17(20)21)19-18(14-9-5-3-6-10-14)15-11-7-4-8-12-15/h3-12,16,18-19H,2,13H2,1H3,(H,20,21)/t16-/m0/s1. The normalized spacial score (nSPS) is 12.3. The van der Waals surface area contributed by atoms with E-state index >= 15 is 0 Å². The molecule has 0 saturated carbocycles. The number of carboxylic acid groups (broad SMARTS) is 1. The maximum atomic E-state index is 11.0. The Hall–Kier alpha value is -2.13. The van der Waals surface area contributed by atoms with Gasteiger partial charge in [-0.25, -0.2) is 0 Å². The predicted octanol–water partition coefficient (Wildman–Crippen LogP) is 3.62. The van der Waals surface area contributed by atoms with Gasteiger partial charge in [0.25, 0.3) is 0 Å². The van der Waals surface area contributed by atoms with Crippen LogP contribution in [0.15, 0.2) is 60.7 Å². The Morgan fingerprint density at radius 2 is 1.48 bits per heavy atom. The summed E-state index contributed by atoms with van der Waals surface area (Å²) in [6.45, 7) is 2.01. The van der Waals surface area contributed by atoms with Crippen LogP contribution in [0, 0.1) is 0 Å². The van der Waals surface area contributed by atoms with E-state index in [1.165, 1.54) is 0 Å². The van der Waals surface area contributed by atoms with Gasteiger partial charge in [-0.15, -0.1) is 0 Å². The van der Waals surface area contributed by atoms with Crippen molar-refractivity contribution >= 4 is 5.97 Å². The molecule has 2 N–H and O–H groups in total. The van der Waals surface area contributed by atoms with Gasteiger partial charge in [0.2, 0.25) is 0 Å². The molecule has 2 aromatic carbocycles. The second-order valence-electron chi connectivity index (χ2n) is 5.12. The van der Waals surface area contributed by atoms with Crippen molar-refractivity contribution < 1.29 is 9.90 Å². The summed E-state index contributed by atoms with van der Waals surface area (Å²) in [5, 5.41) is 12.5. The summed E-state index contributed by atoms with van der Waals surface area (Å²) < 4.78 is 0. The highest BCUT2D eigenvalue weighted by Crippen LogP contribution is 2.23. The molecular weight excluding hydrogens is 262 g/mol. The molecule has 0 bridgehead atoms. The van der Waals surface area contributed by atoms with E-state index in [-0.39, 0.29) is 18.5 Å². The van der Waals surface area contributed by atoms with E-state index in [9.17, 15) is 4.79 Å². The van der Waals surface area contributed by atoms with E-state index in [1.54, 1.807) is 0 Å². The number of aliphatic carboxylic acids is 1. The van der Waals surface area contributed by atoms with Crippen molar-refractivity contribution in [1.29, 1.82) is 0 Å². The molecule has 3 nitrogen and oxygen atoms in total. The Kier molecular flexibility index (Phi) is 5.52. The lowest BCUT2D eigenvalue weighted by Gasteiger charge is -2.25. The minimum Gasteiger partial charge on any atom is -0.481 e. The minimum absolute atomic E-state index is 0.0108. The fourth-order valence-electron chi connectivity index (χ4n) is 2.44. The first-order chi connectivity index (χ1) is 10.2. The molecule has 0 heterocycles. The first kappa shape index (κ1) is 15.3. The molecule has 0 spiro atoms. The van der Waals surface area contributed by atoms with E-state index in [0.717, 1.165) is 17.5 Å². The highest BCUT2D eigenvalue weighted by Gasteiger charge is 2.19. The number of hydrogen-bond donors (Lipinski definition) is 2. The lowest BCUT2D eigenvalue weighted by Crippen LogP contribution is -2.34. The van der Waals surface area contributed by atoms with Gasteiger partial charge in [0.15, 0.2) is 0 Å². The van der Waals surface area contributed by atoms with Crippen LogP contribution in [-0.2, 0) is 4.79 Å². The highest BCUT2D eigenvalue weighted by atomic mass is 16.4. The third-order valence-corrected chi connectivity index (χ3v) is 3.58. The summed E-state index contributed by atoms with van der Waals surface area (Å²) in [5.74, 6) is -0.769. The average molecular weight is 283 g/mol. The summed E-state index contributed by atoms with van der Waals surface area (Å²) in [6, 6.07) is 20.2. The number of hydrogen-bond acceptors (Lipinski definition) is 2. The van der Waals surface area contributed by atoms with Crippen LogP contribution in [0.3, 0.4) is 0 Å². The molecule has 3 heteroatoms. The summed E-state index contributed by atoms with van der Waals surface area (Å²) in [7, 11) is 0. The molecule has 0 aromatic heterocycles. The molecule has 0 radical (unpaired) electrons. The van der Waals surface area contributed by atoms with Gasteiger partial charge in [-0.2, -0.15) is 0 Å². The van der Waals surface area contributed by atoms with Gasteiger partial charge in [-0.1, -0.05) is 67.6 Å². The van der Waals surface area contributed by atoms with Gasteiger partial charge in [0.05, 0.1) is 12.5 Å². The van der Waals surface area contributed by atoms with E-state index in [1.807, 2.05) is 43.3 Å². The van der Waals surface area contributed by atoms with Crippen molar-refractivity contribution in [2.45, 2.75) is 31.8 Å². The van der Waals surface area contributed by atoms with Gasteiger partial charge in [-0.05, 0) is 17.5 Å². The molecule has 2 aromatic rings. The number of carbonyl (C=O) groups is 1.